The number of nitrogens with zero attached hydrogens (tertiary/aromatic N) is 2. The molecule has 1 aliphatic heterocycles. The number of piperidine rings is 1. The van der Waals surface area contributed by atoms with Crippen molar-refractivity contribution in [1.82, 2.24) is 9.88 Å². The predicted octanol–water partition coefficient (Wildman–Crippen LogP) is 5.36. The molecular weight excluding hydrogens is 354 g/mol. The van der Waals surface area contributed by atoms with Crippen LogP contribution in [-0.4, -0.2) is 29.5 Å². The van der Waals surface area contributed by atoms with Crippen LogP contribution in [0.4, 0.5) is 5.69 Å². The van der Waals surface area contributed by atoms with Gasteiger partial charge in [-0.1, -0.05) is 42.5 Å². The van der Waals surface area contributed by atoms with Crippen LogP contribution in [0.2, 0.25) is 0 Å². The van der Waals surface area contributed by atoms with Gasteiger partial charge in [0.2, 0.25) is 0 Å². The highest BCUT2D eigenvalue weighted by molar-refractivity contribution is 5.93. The summed E-state index contributed by atoms with van der Waals surface area (Å²) < 4.78 is 0. The Morgan fingerprint density at radius 3 is 2.66 bits per heavy atom. The number of aryl methyl sites for hydroxylation is 2. The monoisotopic (exact) mass is 385 g/mol. The minimum Gasteiger partial charge on any atom is -0.384 e. The molecule has 1 N–H and O–H groups in total. The number of hydrogen-bond acceptors (Lipinski definition) is 3. The summed E-state index contributed by atoms with van der Waals surface area (Å²) in [6.07, 6.45) is 6.11. The molecule has 2 heterocycles. The van der Waals surface area contributed by atoms with E-state index in [1.165, 1.54) is 72.2 Å². The van der Waals surface area contributed by atoms with Gasteiger partial charge < -0.3 is 5.32 Å². The molecule has 0 saturated carbocycles. The molecule has 3 heteroatoms. The molecule has 2 aliphatic rings. The number of para-hydroxylation sites is 1. The van der Waals surface area contributed by atoms with Gasteiger partial charge in [0.1, 0.15) is 0 Å². The lowest BCUT2D eigenvalue weighted by Gasteiger charge is -2.32. The molecule has 1 aliphatic carbocycles. The zero-order valence-corrected chi connectivity index (χ0v) is 17.5. The van der Waals surface area contributed by atoms with E-state index in [1.807, 2.05) is 0 Å². The molecule has 0 unspecified atom stereocenters. The van der Waals surface area contributed by atoms with Crippen molar-refractivity contribution >= 4 is 16.6 Å². The molecule has 0 bridgehead atoms. The van der Waals surface area contributed by atoms with Crippen LogP contribution in [0.3, 0.4) is 0 Å². The van der Waals surface area contributed by atoms with Crippen LogP contribution in [0, 0.1) is 12.8 Å². The Morgan fingerprint density at radius 2 is 1.79 bits per heavy atom. The van der Waals surface area contributed by atoms with Gasteiger partial charge >= 0.3 is 0 Å². The average Bonchev–Trinajstić information content (AvgIpc) is 3.22. The minimum atomic E-state index is 0.757. The number of benzene rings is 2. The molecule has 3 nitrogen and oxygen atoms in total. The Labute approximate surface area is 174 Å². The van der Waals surface area contributed by atoms with Crippen LogP contribution >= 0.6 is 0 Å². The smallest absolute Gasteiger partial charge is 0.0726 e. The molecule has 3 aromatic rings. The van der Waals surface area contributed by atoms with E-state index in [0.29, 0.717) is 0 Å². The predicted molar refractivity (Wildman–Crippen MR) is 121 cm³/mol. The molecule has 29 heavy (non-hydrogen) atoms. The third-order valence-electron chi connectivity index (χ3n) is 6.85. The fraction of sp³-hybridized carbons (Fsp3) is 0.423. The van der Waals surface area contributed by atoms with Gasteiger partial charge in [-0.3, -0.25) is 9.88 Å². The average molecular weight is 386 g/mol. The largest absolute Gasteiger partial charge is 0.384 e. The van der Waals surface area contributed by atoms with E-state index >= 15 is 0 Å². The van der Waals surface area contributed by atoms with E-state index in [4.69, 9.17) is 4.98 Å². The fourth-order valence-electron chi connectivity index (χ4n) is 5.04. The zero-order chi connectivity index (χ0) is 19.6. The van der Waals surface area contributed by atoms with Crippen molar-refractivity contribution in [1.29, 1.82) is 0 Å². The van der Waals surface area contributed by atoms with E-state index in [9.17, 15) is 0 Å². The first kappa shape index (κ1) is 18.6. The molecule has 5 rings (SSSR count). The van der Waals surface area contributed by atoms with Crippen LogP contribution in [0.5, 0.6) is 0 Å². The number of nitrogens with one attached hydrogen (secondary N) is 1. The van der Waals surface area contributed by atoms with Crippen LogP contribution in [0.25, 0.3) is 10.9 Å². The molecule has 2 aromatic carbocycles. The third-order valence-corrected chi connectivity index (χ3v) is 6.85. The Balaban J connectivity index is 1.23. The molecular formula is C26H31N3. The van der Waals surface area contributed by atoms with Gasteiger partial charge in [-0.2, -0.15) is 0 Å². The minimum absolute atomic E-state index is 0.757. The van der Waals surface area contributed by atoms with Crippen molar-refractivity contribution in [2.24, 2.45) is 5.92 Å². The van der Waals surface area contributed by atoms with E-state index in [0.717, 1.165) is 30.9 Å². The normalized spacial score (nSPS) is 17.6. The third kappa shape index (κ3) is 3.89. The summed E-state index contributed by atoms with van der Waals surface area (Å²) in [6, 6.07) is 17.4. The highest BCUT2D eigenvalue weighted by atomic mass is 15.1. The first-order valence-electron chi connectivity index (χ1n) is 11.2. The Morgan fingerprint density at radius 1 is 1.00 bits per heavy atom. The maximum Gasteiger partial charge on any atom is 0.0726 e. The molecule has 1 saturated heterocycles. The van der Waals surface area contributed by atoms with Gasteiger partial charge in [0.15, 0.2) is 0 Å². The van der Waals surface area contributed by atoms with Crippen molar-refractivity contribution in [2.45, 2.75) is 45.6 Å². The van der Waals surface area contributed by atoms with E-state index in [1.54, 1.807) is 0 Å². The second-order valence-electron chi connectivity index (χ2n) is 8.81. The van der Waals surface area contributed by atoms with Gasteiger partial charge in [-0.05, 0) is 80.8 Å². The van der Waals surface area contributed by atoms with Crippen molar-refractivity contribution in [3.8, 4) is 0 Å². The lowest BCUT2D eigenvalue weighted by molar-refractivity contribution is 0.182. The highest BCUT2D eigenvalue weighted by Gasteiger charge is 2.22. The lowest BCUT2D eigenvalue weighted by atomic mass is 9.95. The molecule has 0 atom stereocenters. The summed E-state index contributed by atoms with van der Waals surface area (Å²) in [6.45, 7) is 6.81. The van der Waals surface area contributed by atoms with Gasteiger partial charge in [0.25, 0.3) is 0 Å². The first-order chi connectivity index (χ1) is 14.3. The zero-order valence-electron chi connectivity index (χ0n) is 17.5. The van der Waals surface area contributed by atoms with Gasteiger partial charge in [-0.15, -0.1) is 0 Å². The lowest BCUT2D eigenvalue weighted by Crippen LogP contribution is -2.35. The Kier molecular flexibility index (Phi) is 5.24. The maximum atomic E-state index is 4.92. The van der Waals surface area contributed by atoms with E-state index in [-0.39, 0.29) is 0 Å². The van der Waals surface area contributed by atoms with Crippen molar-refractivity contribution in [3.63, 3.8) is 0 Å². The SMILES string of the molecule is Cc1ccccc1CN1CCC(CNc2c3c(nc4ccccc24)CCC3)CC1. The summed E-state index contributed by atoms with van der Waals surface area (Å²) in [7, 11) is 0. The topological polar surface area (TPSA) is 28.2 Å². The van der Waals surface area contributed by atoms with E-state index < -0.39 is 0 Å². The summed E-state index contributed by atoms with van der Waals surface area (Å²) in [4.78, 5) is 7.54. The number of hydrogen-bond donors (Lipinski definition) is 1. The summed E-state index contributed by atoms with van der Waals surface area (Å²) in [5.41, 5.74) is 8.19. The van der Waals surface area contributed by atoms with Gasteiger partial charge in [-0.25, -0.2) is 0 Å². The fourth-order valence-corrected chi connectivity index (χ4v) is 5.04. The second kappa shape index (κ2) is 8.16. The van der Waals surface area contributed by atoms with Crippen LogP contribution < -0.4 is 5.32 Å². The molecule has 0 spiro atoms. The molecule has 0 radical (unpaired) electrons. The first-order valence-corrected chi connectivity index (χ1v) is 11.2. The standard InChI is InChI=1S/C26H31N3/c1-19-7-2-3-8-21(19)18-29-15-13-20(14-16-29)17-27-26-22-9-4-5-11-24(22)28-25-12-6-10-23(25)26/h2-5,7-9,11,20H,6,10,12-18H2,1H3,(H,27,28). The molecule has 150 valence electrons. The summed E-state index contributed by atoms with van der Waals surface area (Å²) in [5.74, 6) is 0.757. The molecule has 1 fully saturated rings. The van der Waals surface area contributed by atoms with Crippen molar-refractivity contribution < 1.29 is 0 Å². The number of rotatable bonds is 5. The van der Waals surface area contributed by atoms with Crippen molar-refractivity contribution in [2.75, 3.05) is 25.0 Å². The second-order valence-corrected chi connectivity index (χ2v) is 8.81. The number of anilines is 1. The van der Waals surface area contributed by atoms with E-state index in [2.05, 4.69) is 65.7 Å². The Hall–Kier alpha value is -2.39. The van der Waals surface area contributed by atoms with Crippen LogP contribution in [0.15, 0.2) is 48.5 Å². The van der Waals surface area contributed by atoms with Gasteiger partial charge in [0, 0.05) is 29.9 Å². The number of likely N-dealkylation sites (tertiary alicyclic amines) is 1. The number of fused-ring (bicyclic) bond motifs is 2. The number of aromatic nitrogens is 1. The molecule has 0 amide bonds. The summed E-state index contributed by atoms with van der Waals surface area (Å²) in [5, 5.41) is 5.17. The van der Waals surface area contributed by atoms with Gasteiger partial charge in [0.05, 0.1) is 5.52 Å². The van der Waals surface area contributed by atoms with Crippen LogP contribution in [0.1, 0.15) is 41.6 Å². The maximum absolute atomic E-state index is 4.92. The summed E-state index contributed by atoms with van der Waals surface area (Å²) >= 11 is 0. The highest BCUT2D eigenvalue weighted by Crippen LogP contribution is 2.34. The van der Waals surface area contributed by atoms with Crippen LogP contribution in [-0.2, 0) is 19.4 Å². The number of pyridine rings is 1. The van der Waals surface area contributed by atoms with Crippen molar-refractivity contribution in [3.05, 3.63) is 70.9 Å². The Bertz CT molecular complexity index is 1000. The quantitative estimate of drug-likeness (QED) is 0.641. The molecule has 1 aromatic heterocycles.